The molecule has 0 aliphatic carbocycles. The zero-order valence-electron chi connectivity index (χ0n) is 11.8. The van der Waals surface area contributed by atoms with E-state index in [1.54, 1.807) is 14.2 Å². The molecule has 1 N–H and O–H groups in total. The summed E-state index contributed by atoms with van der Waals surface area (Å²) in [5.74, 6) is 2.25. The number of hydrogen-bond donors (Lipinski definition) is 1. The van der Waals surface area contributed by atoms with Crippen molar-refractivity contribution in [3.05, 3.63) is 23.8 Å². The van der Waals surface area contributed by atoms with E-state index < -0.39 is 0 Å². The molecule has 0 radical (unpaired) electrons. The molecule has 1 aliphatic heterocycles. The van der Waals surface area contributed by atoms with Crippen LogP contribution in [0, 0.1) is 5.92 Å². The van der Waals surface area contributed by atoms with Gasteiger partial charge in [-0.15, -0.1) is 0 Å². The zero-order valence-corrected chi connectivity index (χ0v) is 11.8. The Balaban J connectivity index is 1.84. The second kappa shape index (κ2) is 7.36. The fourth-order valence-electron chi connectivity index (χ4n) is 2.36. The quantitative estimate of drug-likeness (QED) is 0.856. The van der Waals surface area contributed by atoms with Crippen LogP contribution in [0.4, 0.5) is 0 Å². The Morgan fingerprint density at radius 1 is 1.16 bits per heavy atom. The van der Waals surface area contributed by atoms with E-state index in [9.17, 15) is 0 Å². The van der Waals surface area contributed by atoms with Crippen LogP contribution in [0.15, 0.2) is 18.2 Å². The number of hydrogen-bond acceptors (Lipinski definition) is 4. The van der Waals surface area contributed by atoms with Gasteiger partial charge in [0.2, 0.25) is 0 Å². The van der Waals surface area contributed by atoms with Gasteiger partial charge >= 0.3 is 0 Å². The van der Waals surface area contributed by atoms with Gasteiger partial charge in [0.25, 0.3) is 0 Å². The first-order valence-electron chi connectivity index (χ1n) is 6.82. The first-order valence-corrected chi connectivity index (χ1v) is 6.82. The number of nitrogens with one attached hydrogen (secondary N) is 1. The monoisotopic (exact) mass is 265 g/mol. The average Bonchev–Trinajstić information content (AvgIpc) is 2.48. The lowest BCUT2D eigenvalue weighted by Gasteiger charge is -2.22. The molecule has 1 heterocycles. The summed E-state index contributed by atoms with van der Waals surface area (Å²) in [5, 5.41) is 3.40. The standard InChI is InChI=1S/C15H23NO3/c1-17-14-6-13(7-15(8-14)18-2)11-19-10-12-4-3-5-16-9-12/h6-8,12,16H,3-5,9-11H2,1-2H3/t12-/m1/s1. The zero-order chi connectivity index (χ0) is 13.5. The highest BCUT2D eigenvalue weighted by atomic mass is 16.5. The van der Waals surface area contributed by atoms with E-state index in [2.05, 4.69) is 5.32 Å². The number of rotatable bonds is 6. The van der Waals surface area contributed by atoms with Gasteiger partial charge in [0.05, 0.1) is 27.4 Å². The summed E-state index contributed by atoms with van der Waals surface area (Å²) in [4.78, 5) is 0. The molecule has 106 valence electrons. The van der Waals surface area contributed by atoms with Crippen LogP contribution < -0.4 is 14.8 Å². The van der Waals surface area contributed by atoms with Crippen molar-refractivity contribution in [2.24, 2.45) is 5.92 Å². The fourth-order valence-corrected chi connectivity index (χ4v) is 2.36. The minimum atomic E-state index is 0.601. The van der Waals surface area contributed by atoms with Crippen LogP contribution in [-0.2, 0) is 11.3 Å². The predicted octanol–water partition coefficient (Wildman–Crippen LogP) is 2.22. The molecule has 0 bridgehead atoms. The first kappa shape index (κ1) is 14.2. The Kier molecular flexibility index (Phi) is 5.48. The Bertz CT molecular complexity index is 367. The van der Waals surface area contributed by atoms with Gasteiger partial charge in [0, 0.05) is 12.6 Å². The molecular formula is C15H23NO3. The third-order valence-electron chi connectivity index (χ3n) is 3.43. The van der Waals surface area contributed by atoms with Gasteiger partial charge in [-0.1, -0.05) is 0 Å². The van der Waals surface area contributed by atoms with E-state index in [0.29, 0.717) is 12.5 Å². The SMILES string of the molecule is COc1cc(COC[C@@H]2CCCNC2)cc(OC)c1. The number of piperidine rings is 1. The summed E-state index contributed by atoms with van der Waals surface area (Å²) in [5.41, 5.74) is 1.08. The van der Waals surface area contributed by atoms with Crippen LogP contribution in [-0.4, -0.2) is 33.9 Å². The molecule has 0 saturated carbocycles. The maximum atomic E-state index is 5.81. The van der Waals surface area contributed by atoms with Crippen LogP contribution in [0.2, 0.25) is 0 Å². The van der Waals surface area contributed by atoms with Gasteiger partial charge in [-0.25, -0.2) is 0 Å². The van der Waals surface area contributed by atoms with Crippen LogP contribution in [0.5, 0.6) is 11.5 Å². The second-order valence-electron chi connectivity index (χ2n) is 4.95. The molecule has 2 rings (SSSR count). The van der Waals surface area contributed by atoms with Crippen molar-refractivity contribution < 1.29 is 14.2 Å². The smallest absolute Gasteiger partial charge is 0.122 e. The lowest BCUT2D eigenvalue weighted by Crippen LogP contribution is -2.32. The number of ether oxygens (including phenoxy) is 3. The molecule has 1 aliphatic rings. The molecule has 1 atom stereocenters. The maximum Gasteiger partial charge on any atom is 0.122 e. The van der Waals surface area contributed by atoms with E-state index in [0.717, 1.165) is 36.8 Å². The van der Waals surface area contributed by atoms with E-state index in [-0.39, 0.29) is 0 Å². The van der Waals surface area contributed by atoms with Crippen molar-refractivity contribution in [3.63, 3.8) is 0 Å². The van der Waals surface area contributed by atoms with E-state index in [4.69, 9.17) is 14.2 Å². The molecule has 1 fully saturated rings. The second-order valence-corrected chi connectivity index (χ2v) is 4.95. The molecule has 0 unspecified atom stereocenters. The average molecular weight is 265 g/mol. The third-order valence-corrected chi connectivity index (χ3v) is 3.43. The molecule has 1 saturated heterocycles. The molecule has 1 aromatic carbocycles. The summed E-state index contributed by atoms with van der Waals surface area (Å²) in [6.45, 7) is 3.63. The Morgan fingerprint density at radius 3 is 2.47 bits per heavy atom. The third kappa shape index (κ3) is 4.40. The molecular weight excluding hydrogens is 242 g/mol. The molecule has 0 amide bonds. The van der Waals surface area contributed by atoms with Crippen molar-refractivity contribution in [1.29, 1.82) is 0 Å². The molecule has 4 nitrogen and oxygen atoms in total. The van der Waals surface area contributed by atoms with E-state index in [1.807, 2.05) is 18.2 Å². The minimum Gasteiger partial charge on any atom is -0.497 e. The van der Waals surface area contributed by atoms with Gasteiger partial charge in [-0.3, -0.25) is 0 Å². The van der Waals surface area contributed by atoms with Gasteiger partial charge in [-0.2, -0.15) is 0 Å². The van der Waals surface area contributed by atoms with Crippen LogP contribution in [0.3, 0.4) is 0 Å². The van der Waals surface area contributed by atoms with Crippen molar-refractivity contribution in [3.8, 4) is 11.5 Å². The minimum absolute atomic E-state index is 0.601. The normalized spacial score (nSPS) is 19.2. The van der Waals surface area contributed by atoms with Gasteiger partial charge in [-0.05, 0) is 43.0 Å². The van der Waals surface area contributed by atoms with Crippen LogP contribution >= 0.6 is 0 Å². The Morgan fingerprint density at radius 2 is 1.89 bits per heavy atom. The highest BCUT2D eigenvalue weighted by Crippen LogP contribution is 2.23. The Hall–Kier alpha value is -1.26. The highest BCUT2D eigenvalue weighted by molar-refractivity contribution is 5.38. The van der Waals surface area contributed by atoms with Crippen molar-refractivity contribution in [2.45, 2.75) is 19.4 Å². The Labute approximate surface area is 115 Å². The molecule has 4 heteroatoms. The first-order chi connectivity index (χ1) is 9.31. The van der Waals surface area contributed by atoms with Crippen molar-refractivity contribution in [2.75, 3.05) is 33.9 Å². The largest absolute Gasteiger partial charge is 0.497 e. The molecule has 19 heavy (non-hydrogen) atoms. The number of methoxy groups -OCH3 is 2. The van der Waals surface area contributed by atoms with E-state index in [1.165, 1.54) is 12.8 Å². The highest BCUT2D eigenvalue weighted by Gasteiger charge is 2.13. The molecule has 1 aromatic rings. The van der Waals surface area contributed by atoms with Gasteiger partial charge in [0.15, 0.2) is 0 Å². The van der Waals surface area contributed by atoms with Crippen molar-refractivity contribution in [1.82, 2.24) is 5.32 Å². The maximum absolute atomic E-state index is 5.81. The van der Waals surface area contributed by atoms with Crippen LogP contribution in [0.1, 0.15) is 18.4 Å². The summed E-state index contributed by atoms with van der Waals surface area (Å²) >= 11 is 0. The van der Waals surface area contributed by atoms with Crippen molar-refractivity contribution >= 4 is 0 Å². The topological polar surface area (TPSA) is 39.7 Å². The van der Waals surface area contributed by atoms with Gasteiger partial charge in [0.1, 0.15) is 11.5 Å². The molecule has 0 aromatic heterocycles. The predicted molar refractivity (Wildman–Crippen MR) is 74.8 cm³/mol. The fraction of sp³-hybridized carbons (Fsp3) is 0.600. The van der Waals surface area contributed by atoms with E-state index >= 15 is 0 Å². The summed E-state index contributed by atoms with van der Waals surface area (Å²) in [6, 6.07) is 5.85. The summed E-state index contributed by atoms with van der Waals surface area (Å²) in [6.07, 6.45) is 2.51. The molecule has 0 spiro atoms. The van der Waals surface area contributed by atoms with Gasteiger partial charge < -0.3 is 19.5 Å². The summed E-state index contributed by atoms with van der Waals surface area (Å²) in [7, 11) is 3.32. The van der Waals surface area contributed by atoms with Crippen LogP contribution in [0.25, 0.3) is 0 Å². The lowest BCUT2D eigenvalue weighted by atomic mass is 10.0. The number of benzene rings is 1. The summed E-state index contributed by atoms with van der Waals surface area (Å²) < 4.78 is 16.3. The lowest BCUT2D eigenvalue weighted by molar-refractivity contribution is 0.0781.